The minimum atomic E-state index is -0.517. The lowest BCUT2D eigenvalue weighted by Crippen LogP contribution is -2.60. The predicted molar refractivity (Wildman–Crippen MR) is 111 cm³/mol. The monoisotopic (exact) mass is 393 g/mol. The molecule has 2 heterocycles. The Morgan fingerprint density at radius 3 is 2.72 bits per heavy atom. The second-order valence-corrected chi connectivity index (χ2v) is 7.94. The number of nitrogens with one attached hydrogen (secondary N) is 1. The van der Waals surface area contributed by atoms with Crippen molar-refractivity contribution in [1.29, 1.82) is 0 Å². The van der Waals surface area contributed by atoms with Crippen molar-refractivity contribution in [3.8, 4) is 0 Å². The van der Waals surface area contributed by atoms with E-state index in [9.17, 15) is 9.59 Å². The molecule has 29 heavy (non-hydrogen) atoms. The first-order valence-electron chi connectivity index (χ1n) is 10.2. The number of hydrogen-bond donors (Lipinski definition) is 1. The summed E-state index contributed by atoms with van der Waals surface area (Å²) in [6, 6.07) is 11.3. The number of pyridine rings is 1. The molecule has 1 unspecified atom stereocenters. The van der Waals surface area contributed by atoms with E-state index >= 15 is 0 Å². The van der Waals surface area contributed by atoms with Crippen LogP contribution < -0.4 is 5.32 Å². The van der Waals surface area contributed by atoms with Gasteiger partial charge < -0.3 is 15.0 Å². The van der Waals surface area contributed by atoms with Gasteiger partial charge in [-0.25, -0.2) is 4.98 Å². The van der Waals surface area contributed by atoms with Crippen LogP contribution in [0.4, 0.5) is 5.82 Å². The number of carbonyl (C=O) groups is 2. The van der Waals surface area contributed by atoms with Gasteiger partial charge in [0.25, 0.3) is 5.91 Å². The van der Waals surface area contributed by atoms with Gasteiger partial charge >= 0.3 is 0 Å². The number of aryl methyl sites for hydroxylation is 1. The van der Waals surface area contributed by atoms with E-state index in [1.54, 1.807) is 13.3 Å². The van der Waals surface area contributed by atoms with Crippen LogP contribution >= 0.6 is 0 Å². The molecule has 6 heteroatoms. The molecular weight excluding hydrogens is 366 g/mol. The van der Waals surface area contributed by atoms with Gasteiger partial charge in [-0.2, -0.15) is 0 Å². The molecule has 1 aromatic heterocycles. The second-order valence-electron chi connectivity index (χ2n) is 7.94. The Morgan fingerprint density at radius 2 is 2.00 bits per heavy atom. The summed E-state index contributed by atoms with van der Waals surface area (Å²) in [7, 11) is 1.64. The van der Waals surface area contributed by atoms with E-state index in [1.165, 1.54) is 0 Å². The molecule has 2 amide bonds. The first kappa shape index (κ1) is 19.6. The van der Waals surface area contributed by atoms with E-state index in [4.69, 9.17) is 4.74 Å². The van der Waals surface area contributed by atoms with Gasteiger partial charge in [0.05, 0.1) is 18.1 Å². The summed E-state index contributed by atoms with van der Waals surface area (Å²) < 4.78 is 5.29. The molecule has 1 N–H and O–H groups in total. The smallest absolute Gasteiger partial charge is 0.254 e. The Labute approximate surface area is 171 Å². The second kappa shape index (κ2) is 7.95. The fraction of sp³-hybridized carbons (Fsp3) is 0.435. The summed E-state index contributed by atoms with van der Waals surface area (Å²) in [4.78, 5) is 33.3. The van der Waals surface area contributed by atoms with Crippen LogP contribution in [0.15, 0.2) is 42.6 Å². The minimum Gasteiger partial charge on any atom is -0.383 e. The Kier molecular flexibility index (Phi) is 5.37. The molecule has 1 aromatic carbocycles. The average molecular weight is 393 g/mol. The van der Waals surface area contributed by atoms with Crippen molar-refractivity contribution in [1.82, 2.24) is 9.88 Å². The van der Waals surface area contributed by atoms with Gasteiger partial charge in [0.1, 0.15) is 5.82 Å². The number of methoxy groups -OCH3 is 1. The zero-order valence-corrected chi connectivity index (χ0v) is 17.0. The zero-order chi connectivity index (χ0) is 20.4. The maximum absolute atomic E-state index is 13.6. The molecule has 0 saturated heterocycles. The van der Waals surface area contributed by atoms with Gasteiger partial charge in [-0.1, -0.05) is 37.1 Å². The van der Waals surface area contributed by atoms with E-state index < -0.39 is 11.5 Å². The molecule has 4 rings (SSSR count). The molecule has 1 aliphatic carbocycles. The minimum absolute atomic E-state index is 0.00221. The zero-order valence-electron chi connectivity index (χ0n) is 17.0. The van der Waals surface area contributed by atoms with Crippen LogP contribution in [-0.4, -0.2) is 47.5 Å². The standard InChI is InChI=1S/C23H27N3O3/c1-16-8-7-13-24-20(16)25-21(27)19-17-9-3-4-10-18(17)22(28)26(14-15-29-2)23(19)11-5-6-12-23/h3-4,7-10,13,19H,5-6,11-12,14-15H2,1-2H3,(H,24,25,27). The van der Waals surface area contributed by atoms with Crippen LogP contribution in [0.3, 0.4) is 0 Å². The molecule has 1 fully saturated rings. The van der Waals surface area contributed by atoms with E-state index in [2.05, 4.69) is 10.3 Å². The Balaban J connectivity index is 1.80. The van der Waals surface area contributed by atoms with Crippen LogP contribution in [0.5, 0.6) is 0 Å². The third-order valence-electron chi connectivity index (χ3n) is 6.32. The normalized spacial score (nSPS) is 20.0. The van der Waals surface area contributed by atoms with Gasteiger partial charge in [-0.05, 0) is 43.0 Å². The highest BCUT2D eigenvalue weighted by molar-refractivity contribution is 6.05. The first-order valence-corrected chi connectivity index (χ1v) is 10.2. The SMILES string of the molecule is COCCN1C(=O)c2ccccc2C(C(=O)Nc2ncccc2C)C12CCCC2. The maximum Gasteiger partial charge on any atom is 0.254 e. The molecule has 1 atom stereocenters. The summed E-state index contributed by atoms with van der Waals surface area (Å²) in [6.45, 7) is 2.86. The van der Waals surface area contributed by atoms with Gasteiger partial charge in [-0.3, -0.25) is 9.59 Å². The molecule has 2 aliphatic rings. The largest absolute Gasteiger partial charge is 0.383 e. The van der Waals surface area contributed by atoms with Crippen LogP contribution in [0, 0.1) is 6.92 Å². The number of rotatable bonds is 5. The summed E-state index contributed by atoms with van der Waals surface area (Å²) in [5, 5.41) is 3.04. The lowest BCUT2D eigenvalue weighted by molar-refractivity contribution is -0.121. The number of aromatic nitrogens is 1. The van der Waals surface area contributed by atoms with Crippen molar-refractivity contribution in [2.45, 2.75) is 44.1 Å². The number of anilines is 1. The van der Waals surface area contributed by atoms with Crippen LogP contribution in [0.2, 0.25) is 0 Å². The molecule has 0 bridgehead atoms. The van der Waals surface area contributed by atoms with Crippen LogP contribution in [0.1, 0.15) is 53.1 Å². The molecular formula is C23H27N3O3. The number of ether oxygens (including phenoxy) is 1. The van der Waals surface area contributed by atoms with Crippen molar-refractivity contribution < 1.29 is 14.3 Å². The predicted octanol–water partition coefficient (Wildman–Crippen LogP) is 3.53. The molecule has 152 valence electrons. The first-order chi connectivity index (χ1) is 14.1. The number of benzene rings is 1. The Morgan fingerprint density at radius 1 is 1.24 bits per heavy atom. The summed E-state index contributed by atoms with van der Waals surface area (Å²) in [5.74, 6) is 0.0364. The highest BCUT2D eigenvalue weighted by atomic mass is 16.5. The summed E-state index contributed by atoms with van der Waals surface area (Å²) >= 11 is 0. The van der Waals surface area contributed by atoms with Gasteiger partial charge in [0.2, 0.25) is 5.91 Å². The third kappa shape index (κ3) is 3.31. The van der Waals surface area contributed by atoms with Crippen molar-refractivity contribution >= 4 is 17.6 Å². The average Bonchev–Trinajstić information content (AvgIpc) is 3.19. The van der Waals surface area contributed by atoms with Crippen molar-refractivity contribution in [3.63, 3.8) is 0 Å². The Bertz CT molecular complexity index is 921. The van der Waals surface area contributed by atoms with E-state index in [0.717, 1.165) is 36.8 Å². The lowest BCUT2D eigenvalue weighted by atomic mass is 9.71. The topological polar surface area (TPSA) is 71.5 Å². The molecule has 1 spiro atoms. The van der Waals surface area contributed by atoms with Crippen LogP contribution in [0.25, 0.3) is 0 Å². The summed E-state index contributed by atoms with van der Waals surface area (Å²) in [6.07, 6.45) is 5.32. The lowest BCUT2D eigenvalue weighted by Gasteiger charge is -2.50. The summed E-state index contributed by atoms with van der Waals surface area (Å²) in [5.41, 5.74) is 1.83. The number of amides is 2. The number of nitrogens with zero attached hydrogens (tertiary/aromatic N) is 2. The molecule has 2 aromatic rings. The van der Waals surface area contributed by atoms with Crippen LogP contribution in [-0.2, 0) is 9.53 Å². The van der Waals surface area contributed by atoms with Gasteiger partial charge in [-0.15, -0.1) is 0 Å². The molecule has 1 aliphatic heterocycles. The van der Waals surface area contributed by atoms with E-state index in [0.29, 0.717) is 24.5 Å². The fourth-order valence-electron chi connectivity index (χ4n) is 4.98. The van der Waals surface area contributed by atoms with Crippen molar-refractivity contribution in [2.75, 3.05) is 25.6 Å². The maximum atomic E-state index is 13.6. The van der Waals surface area contributed by atoms with E-state index in [1.807, 2.05) is 48.2 Å². The Hall–Kier alpha value is -2.73. The highest BCUT2D eigenvalue weighted by Crippen LogP contribution is 2.50. The van der Waals surface area contributed by atoms with Gasteiger partial charge in [0, 0.05) is 25.4 Å². The van der Waals surface area contributed by atoms with Crippen molar-refractivity contribution in [3.05, 3.63) is 59.3 Å². The molecule has 6 nitrogen and oxygen atoms in total. The number of hydrogen-bond acceptors (Lipinski definition) is 4. The quantitative estimate of drug-likeness (QED) is 0.844. The van der Waals surface area contributed by atoms with E-state index in [-0.39, 0.29) is 11.8 Å². The third-order valence-corrected chi connectivity index (χ3v) is 6.32. The molecule has 0 radical (unpaired) electrons. The molecule has 1 saturated carbocycles. The van der Waals surface area contributed by atoms with Gasteiger partial charge in [0.15, 0.2) is 0 Å². The number of fused-ring (bicyclic) bond motifs is 1. The fourth-order valence-corrected chi connectivity index (χ4v) is 4.98. The van der Waals surface area contributed by atoms with Crippen molar-refractivity contribution in [2.24, 2.45) is 0 Å². The number of carbonyl (C=O) groups excluding carboxylic acids is 2. The highest BCUT2D eigenvalue weighted by Gasteiger charge is 2.55.